The first kappa shape index (κ1) is 13.4. The molecule has 3 rings (SSSR count). The van der Waals surface area contributed by atoms with Crippen molar-refractivity contribution in [1.82, 2.24) is 9.38 Å². The Bertz CT molecular complexity index is 737. The van der Waals surface area contributed by atoms with E-state index in [0.29, 0.717) is 6.54 Å². The van der Waals surface area contributed by atoms with Crippen molar-refractivity contribution < 1.29 is 5.11 Å². The molecule has 6 heteroatoms. The Kier molecular flexibility index (Phi) is 3.65. The lowest BCUT2D eigenvalue weighted by Crippen LogP contribution is -2.18. The minimum Gasteiger partial charge on any atom is -0.390 e. The van der Waals surface area contributed by atoms with E-state index in [0.717, 1.165) is 27.1 Å². The Hall–Kier alpha value is -1.56. The van der Waals surface area contributed by atoms with Gasteiger partial charge in [-0.05, 0) is 17.7 Å². The Labute approximate surface area is 125 Å². The standard InChI is InChI=1S/C14H14ClN3OS/c1-17(8-10-3-2-4-11(15)7-10)13-12(9-19)18-5-6-20-14(18)16-13/h2-7,19H,8-9H2,1H3. The number of nitrogens with zero attached hydrogens (tertiary/aromatic N) is 3. The highest BCUT2D eigenvalue weighted by Crippen LogP contribution is 2.25. The molecular formula is C14H14ClN3OS. The second kappa shape index (κ2) is 5.44. The van der Waals surface area contributed by atoms with Crippen LogP contribution in [0.5, 0.6) is 0 Å². The van der Waals surface area contributed by atoms with Crippen molar-refractivity contribution in [3.05, 3.63) is 52.1 Å². The zero-order chi connectivity index (χ0) is 14.1. The minimum absolute atomic E-state index is 0.0346. The van der Waals surface area contributed by atoms with Crippen molar-refractivity contribution in [1.29, 1.82) is 0 Å². The van der Waals surface area contributed by atoms with Gasteiger partial charge < -0.3 is 10.0 Å². The molecule has 0 aliphatic rings. The molecule has 0 bridgehead atoms. The zero-order valence-electron chi connectivity index (χ0n) is 11.0. The summed E-state index contributed by atoms with van der Waals surface area (Å²) in [6.07, 6.45) is 1.93. The summed E-state index contributed by atoms with van der Waals surface area (Å²) in [6, 6.07) is 7.76. The molecule has 0 saturated carbocycles. The first-order valence-corrected chi connectivity index (χ1v) is 7.45. The molecule has 0 atom stereocenters. The number of halogens is 1. The molecule has 0 radical (unpaired) electrons. The van der Waals surface area contributed by atoms with Gasteiger partial charge in [-0.3, -0.25) is 4.40 Å². The highest BCUT2D eigenvalue weighted by atomic mass is 35.5. The molecule has 2 heterocycles. The normalized spacial score (nSPS) is 11.2. The van der Waals surface area contributed by atoms with Crippen LogP contribution in [0, 0.1) is 0 Å². The lowest BCUT2D eigenvalue weighted by atomic mass is 10.2. The molecule has 0 spiro atoms. The zero-order valence-corrected chi connectivity index (χ0v) is 12.5. The molecule has 104 valence electrons. The Balaban J connectivity index is 1.92. The molecule has 0 unspecified atom stereocenters. The third-order valence-electron chi connectivity index (χ3n) is 3.16. The summed E-state index contributed by atoms with van der Waals surface area (Å²) in [5.74, 6) is 0.805. The lowest BCUT2D eigenvalue weighted by molar-refractivity contribution is 0.276. The summed E-state index contributed by atoms with van der Waals surface area (Å²) in [5, 5.41) is 12.3. The van der Waals surface area contributed by atoms with Gasteiger partial charge in [0.2, 0.25) is 0 Å². The van der Waals surface area contributed by atoms with Gasteiger partial charge in [-0.25, -0.2) is 4.98 Å². The average Bonchev–Trinajstić information content (AvgIpc) is 2.98. The van der Waals surface area contributed by atoms with Crippen molar-refractivity contribution in [3.8, 4) is 0 Å². The Morgan fingerprint density at radius 3 is 3.05 bits per heavy atom. The average molecular weight is 308 g/mol. The number of hydrogen-bond acceptors (Lipinski definition) is 4. The highest BCUT2D eigenvalue weighted by Gasteiger charge is 2.16. The predicted octanol–water partition coefficient (Wildman–Crippen LogP) is 3.18. The number of aromatic nitrogens is 2. The van der Waals surface area contributed by atoms with Gasteiger partial charge in [-0.2, -0.15) is 0 Å². The first-order valence-electron chi connectivity index (χ1n) is 6.20. The molecule has 0 aliphatic carbocycles. The van der Waals surface area contributed by atoms with Gasteiger partial charge in [0, 0.05) is 30.2 Å². The first-order chi connectivity index (χ1) is 9.69. The number of aliphatic hydroxyl groups is 1. The number of aliphatic hydroxyl groups excluding tert-OH is 1. The van der Waals surface area contributed by atoms with Crippen molar-refractivity contribution in [2.24, 2.45) is 0 Å². The smallest absolute Gasteiger partial charge is 0.195 e. The van der Waals surface area contributed by atoms with Crippen LogP contribution in [0.15, 0.2) is 35.8 Å². The van der Waals surface area contributed by atoms with E-state index in [4.69, 9.17) is 11.6 Å². The fraction of sp³-hybridized carbons (Fsp3) is 0.214. The summed E-state index contributed by atoms with van der Waals surface area (Å²) in [4.78, 5) is 7.49. The second-order valence-electron chi connectivity index (χ2n) is 4.58. The van der Waals surface area contributed by atoms with Gasteiger partial charge in [0.05, 0.1) is 12.3 Å². The van der Waals surface area contributed by atoms with Crippen LogP contribution in [0.2, 0.25) is 5.02 Å². The van der Waals surface area contributed by atoms with Crippen molar-refractivity contribution in [3.63, 3.8) is 0 Å². The van der Waals surface area contributed by atoms with Crippen LogP contribution in [0.4, 0.5) is 5.82 Å². The molecule has 0 fully saturated rings. The lowest BCUT2D eigenvalue weighted by Gasteiger charge is -2.18. The number of fused-ring (bicyclic) bond motifs is 1. The minimum atomic E-state index is -0.0346. The Morgan fingerprint density at radius 1 is 1.45 bits per heavy atom. The molecule has 2 aromatic heterocycles. The second-order valence-corrected chi connectivity index (χ2v) is 5.89. The van der Waals surface area contributed by atoms with Gasteiger partial charge in [-0.15, -0.1) is 11.3 Å². The molecule has 20 heavy (non-hydrogen) atoms. The van der Waals surface area contributed by atoms with E-state index < -0.39 is 0 Å². The number of benzene rings is 1. The molecule has 3 aromatic rings. The van der Waals surface area contributed by atoms with E-state index in [9.17, 15) is 5.11 Å². The fourth-order valence-electron chi connectivity index (χ4n) is 2.26. The molecule has 0 aliphatic heterocycles. The third-order valence-corrected chi connectivity index (χ3v) is 4.15. The summed E-state index contributed by atoms with van der Waals surface area (Å²) in [5.41, 5.74) is 1.92. The quantitative estimate of drug-likeness (QED) is 0.805. The summed E-state index contributed by atoms with van der Waals surface area (Å²) < 4.78 is 1.93. The number of thiazole rings is 1. The van der Waals surface area contributed by atoms with Gasteiger partial charge >= 0.3 is 0 Å². The Morgan fingerprint density at radius 2 is 2.30 bits per heavy atom. The maximum absolute atomic E-state index is 9.58. The van der Waals surface area contributed by atoms with E-state index >= 15 is 0 Å². The van der Waals surface area contributed by atoms with Crippen LogP contribution in [0.1, 0.15) is 11.3 Å². The number of anilines is 1. The third kappa shape index (κ3) is 2.40. The topological polar surface area (TPSA) is 40.8 Å². The molecule has 0 saturated heterocycles. The fourth-order valence-corrected chi connectivity index (χ4v) is 3.20. The number of imidazole rings is 1. The van der Waals surface area contributed by atoms with E-state index in [2.05, 4.69) is 4.98 Å². The molecule has 0 amide bonds. The van der Waals surface area contributed by atoms with Crippen molar-refractivity contribution >= 4 is 33.7 Å². The largest absolute Gasteiger partial charge is 0.390 e. The van der Waals surface area contributed by atoms with Crippen molar-refractivity contribution in [2.75, 3.05) is 11.9 Å². The van der Waals surface area contributed by atoms with Crippen LogP contribution in [-0.4, -0.2) is 21.5 Å². The highest BCUT2D eigenvalue weighted by molar-refractivity contribution is 7.15. The number of rotatable bonds is 4. The van der Waals surface area contributed by atoms with E-state index in [1.54, 1.807) is 11.3 Å². The summed E-state index contributed by atoms with van der Waals surface area (Å²) >= 11 is 7.56. The monoisotopic (exact) mass is 307 g/mol. The molecular weight excluding hydrogens is 294 g/mol. The molecule has 1 aromatic carbocycles. The van der Waals surface area contributed by atoms with Crippen LogP contribution >= 0.6 is 22.9 Å². The van der Waals surface area contributed by atoms with Crippen LogP contribution in [-0.2, 0) is 13.2 Å². The van der Waals surface area contributed by atoms with Crippen LogP contribution in [0.3, 0.4) is 0 Å². The van der Waals surface area contributed by atoms with Gasteiger partial charge in [-0.1, -0.05) is 23.7 Å². The van der Waals surface area contributed by atoms with E-state index in [-0.39, 0.29) is 6.61 Å². The van der Waals surface area contributed by atoms with Crippen LogP contribution < -0.4 is 4.90 Å². The van der Waals surface area contributed by atoms with E-state index in [1.165, 1.54) is 0 Å². The summed E-state index contributed by atoms with van der Waals surface area (Å²) in [6.45, 7) is 0.658. The maximum Gasteiger partial charge on any atom is 0.195 e. The predicted molar refractivity (Wildman–Crippen MR) is 82.6 cm³/mol. The molecule has 1 N–H and O–H groups in total. The van der Waals surface area contributed by atoms with Crippen molar-refractivity contribution in [2.45, 2.75) is 13.2 Å². The SMILES string of the molecule is CN(Cc1cccc(Cl)c1)c1nc2sccn2c1CO. The van der Waals surface area contributed by atoms with Gasteiger partial charge in [0.25, 0.3) is 0 Å². The number of hydrogen-bond donors (Lipinski definition) is 1. The summed E-state index contributed by atoms with van der Waals surface area (Å²) in [7, 11) is 1.96. The molecule has 4 nitrogen and oxygen atoms in total. The van der Waals surface area contributed by atoms with Gasteiger partial charge in [0.15, 0.2) is 10.8 Å². The van der Waals surface area contributed by atoms with Crippen LogP contribution in [0.25, 0.3) is 4.96 Å². The maximum atomic E-state index is 9.58. The van der Waals surface area contributed by atoms with E-state index in [1.807, 2.05) is 52.2 Å². The van der Waals surface area contributed by atoms with Gasteiger partial charge in [0.1, 0.15) is 0 Å².